The van der Waals surface area contributed by atoms with Crippen molar-refractivity contribution in [3.05, 3.63) is 47.5 Å². The quantitative estimate of drug-likeness (QED) is 0.469. The number of methoxy groups -OCH3 is 1. The molecule has 0 saturated carbocycles. The molecule has 0 spiro atoms. The molecule has 0 atom stereocenters. The number of sulfone groups is 1. The Morgan fingerprint density at radius 2 is 1.89 bits per heavy atom. The third-order valence-electron chi connectivity index (χ3n) is 6.00. The maximum atomic E-state index is 13.0. The van der Waals surface area contributed by atoms with E-state index >= 15 is 0 Å². The van der Waals surface area contributed by atoms with E-state index in [9.17, 15) is 26.4 Å². The molecular formula is C23H25F3N4O5S. The number of nitrogens with zero attached hydrogens (tertiary/aromatic N) is 3. The number of rotatable bonds is 7. The summed E-state index contributed by atoms with van der Waals surface area (Å²) in [6.07, 6.45) is -3.77. The van der Waals surface area contributed by atoms with Crippen molar-refractivity contribution in [3.63, 3.8) is 0 Å². The Morgan fingerprint density at radius 3 is 2.56 bits per heavy atom. The normalized spacial score (nSPS) is 16.2. The molecule has 194 valence electrons. The number of alkyl halides is 3. The minimum Gasteiger partial charge on any atom is -0.489 e. The van der Waals surface area contributed by atoms with Crippen LogP contribution in [0.15, 0.2) is 30.3 Å². The van der Waals surface area contributed by atoms with E-state index in [1.165, 1.54) is 13.2 Å². The first-order chi connectivity index (χ1) is 17.0. The number of benzene rings is 1. The van der Waals surface area contributed by atoms with Crippen LogP contribution in [0, 0.1) is 0 Å². The molecule has 36 heavy (non-hydrogen) atoms. The van der Waals surface area contributed by atoms with E-state index in [2.05, 4.69) is 10.3 Å². The molecule has 1 aliphatic rings. The van der Waals surface area contributed by atoms with Crippen LogP contribution in [-0.2, 0) is 27.8 Å². The number of nitrogens with one attached hydrogen (secondary N) is 1. The van der Waals surface area contributed by atoms with Crippen LogP contribution in [0.5, 0.6) is 5.75 Å². The van der Waals surface area contributed by atoms with Crippen LogP contribution in [0.4, 0.5) is 18.9 Å². The minimum atomic E-state index is -4.69. The molecule has 0 radical (unpaired) electrons. The first kappa shape index (κ1) is 25.9. The zero-order valence-electron chi connectivity index (χ0n) is 19.6. The highest BCUT2D eigenvalue weighted by Gasteiger charge is 2.33. The van der Waals surface area contributed by atoms with Crippen molar-refractivity contribution in [1.29, 1.82) is 0 Å². The highest BCUT2D eigenvalue weighted by Crippen LogP contribution is 2.35. The van der Waals surface area contributed by atoms with Gasteiger partial charge in [-0.2, -0.15) is 13.2 Å². The number of amides is 1. The summed E-state index contributed by atoms with van der Waals surface area (Å²) in [6, 6.07) is 6.34. The molecule has 1 fully saturated rings. The van der Waals surface area contributed by atoms with Gasteiger partial charge in [0, 0.05) is 26.1 Å². The Kier molecular flexibility index (Phi) is 7.23. The second kappa shape index (κ2) is 10.1. The van der Waals surface area contributed by atoms with Gasteiger partial charge in [-0.25, -0.2) is 18.4 Å². The van der Waals surface area contributed by atoms with Crippen LogP contribution in [0.1, 0.15) is 40.8 Å². The van der Waals surface area contributed by atoms with Gasteiger partial charge in [-0.1, -0.05) is 6.07 Å². The van der Waals surface area contributed by atoms with Crippen molar-refractivity contribution >= 4 is 32.5 Å². The molecule has 13 heteroatoms. The van der Waals surface area contributed by atoms with Crippen molar-refractivity contribution < 1.29 is 35.9 Å². The van der Waals surface area contributed by atoms with Crippen LogP contribution in [0.25, 0.3) is 11.0 Å². The van der Waals surface area contributed by atoms with E-state index in [0.717, 1.165) is 12.1 Å². The van der Waals surface area contributed by atoms with Gasteiger partial charge in [-0.3, -0.25) is 4.79 Å². The van der Waals surface area contributed by atoms with Crippen molar-refractivity contribution in [2.45, 2.75) is 24.9 Å². The average Bonchev–Trinajstić information content (AvgIpc) is 3.14. The van der Waals surface area contributed by atoms with Crippen molar-refractivity contribution in [1.82, 2.24) is 14.5 Å². The molecule has 1 aromatic carbocycles. The minimum absolute atomic E-state index is 0.0452. The number of ether oxygens (including phenoxy) is 2. The summed E-state index contributed by atoms with van der Waals surface area (Å²) < 4.78 is 75.4. The van der Waals surface area contributed by atoms with Gasteiger partial charge in [0.15, 0.2) is 0 Å². The summed E-state index contributed by atoms with van der Waals surface area (Å²) >= 11 is 0. The van der Waals surface area contributed by atoms with E-state index in [1.807, 2.05) is 4.57 Å². The van der Waals surface area contributed by atoms with E-state index in [-0.39, 0.29) is 42.1 Å². The molecule has 1 aliphatic heterocycles. The second-order valence-electron chi connectivity index (χ2n) is 8.49. The molecule has 3 heterocycles. The van der Waals surface area contributed by atoms with E-state index in [4.69, 9.17) is 14.5 Å². The zero-order valence-corrected chi connectivity index (χ0v) is 20.4. The van der Waals surface area contributed by atoms with Crippen molar-refractivity contribution in [2.75, 3.05) is 37.1 Å². The summed E-state index contributed by atoms with van der Waals surface area (Å²) in [7, 11) is 0.257. The fraction of sp³-hybridized carbons (Fsp3) is 0.435. The third-order valence-corrected chi connectivity index (χ3v) is 7.72. The molecule has 4 rings (SSSR count). The van der Waals surface area contributed by atoms with E-state index in [1.54, 1.807) is 19.2 Å². The predicted octanol–water partition coefficient (Wildman–Crippen LogP) is 3.56. The van der Waals surface area contributed by atoms with Gasteiger partial charge in [-0.15, -0.1) is 0 Å². The molecule has 1 saturated heterocycles. The third kappa shape index (κ3) is 5.62. The number of halogens is 3. The Bertz CT molecular complexity index is 1370. The largest absolute Gasteiger partial charge is 0.489 e. The molecular weight excluding hydrogens is 501 g/mol. The zero-order chi connectivity index (χ0) is 26.1. The standard InChI is InChI=1S/C23H25F3N4O5S/c1-30-18-12-17(29-22(31)15-4-3-5-20(27-15)23(24,25)26)19(35-9-8-34-2)13-16(18)28-21(30)14-6-10-36(32,33)11-7-14/h3-5,12-14H,6-11H2,1-2H3,(H,29,31). The first-order valence-corrected chi connectivity index (χ1v) is 13.0. The number of fused-ring (bicyclic) bond motifs is 1. The molecule has 1 amide bonds. The topological polar surface area (TPSA) is 112 Å². The van der Waals surface area contributed by atoms with E-state index in [0.29, 0.717) is 29.7 Å². The van der Waals surface area contributed by atoms with Crippen LogP contribution in [0.3, 0.4) is 0 Å². The smallest absolute Gasteiger partial charge is 0.433 e. The summed E-state index contributed by atoms with van der Waals surface area (Å²) in [5.74, 6) is 0.282. The van der Waals surface area contributed by atoms with Gasteiger partial charge < -0.3 is 19.4 Å². The number of aryl methyl sites for hydroxylation is 1. The fourth-order valence-electron chi connectivity index (χ4n) is 4.11. The first-order valence-electron chi connectivity index (χ1n) is 11.2. The number of anilines is 1. The Hall–Kier alpha value is -3.19. The lowest BCUT2D eigenvalue weighted by Crippen LogP contribution is -2.23. The Morgan fingerprint density at radius 1 is 1.17 bits per heavy atom. The van der Waals surface area contributed by atoms with Gasteiger partial charge >= 0.3 is 6.18 Å². The Balaban J connectivity index is 1.68. The summed E-state index contributed by atoms with van der Waals surface area (Å²) in [5.41, 5.74) is -0.133. The highest BCUT2D eigenvalue weighted by atomic mass is 32.2. The number of carbonyl (C=O) groups excluding carboxylic acids is 1. The Labute approximate surface area is 205 Å². The highest BCUT2D eigenvalue weighted by molar-refractivity contribution is 7.91. The van der Waals surface area contributed by atoms with Gasteiger partial charge in [0.1, 0.15) is 39.4 Å². The number of imidazole rings is 1. The SMILES string of the molecule is COCCOc1cc2nc(C3CCS(=O)(=O)CC3)n(C)c2cc1NC(=O)c1cccc(C(F)(F)F)n1. The number of carbonyl (C=O) groups is 1. The summed E-state index contributed by atoms with van der Waals surface area (Å²) in [5, 5.41) is 2.60. The summed E-state index contributed by atoms with van der Waals surface area (Å²) in [6.45, 7) is 0.428. The molecule has 1 N–H and O–H groups in total. The fourth-order valence-corrected chi connectivity index (χ4v) is 5.60. The van der Waals surface area contributed by atoms with Gasteiger partial charge in [0.2, 0.25) is 0 Å². The van der Waals surface area contributed by atoms with Gasteiger partial charge in [-0.05, 0) is 31.0 Å². The lowest BCUT2D eigenvalue weighted by molar-refractivity contribution is -0.141. The van der Waals surface area contributed by atoms with E-state index < -0.39 is 33.3 Å². The van der Waals surface area contributed by atoms with Crippen LogP contribution >= 0.6 is 0 Å². The lowest BCUT2D eigenvalue weighted by atomic mass is 10.0. The maximum absolute atomic E-state index is 13.0. The van der Waals surface area contributed by atoms with Crippen molar-refractivity contribution in [2.24, 2.45) is 7.05 Å². The lowest BCUT2D eigenvalue weighted by Gasteiger charge is -2.21. The molecule has 0 bridgehead atoms. The maximum Gasteiger partial charge on any atom is 0.433 e. The average molecular weight is 527 g/mol. The monoisotopic (exact) mass is 526 g/mol. The number of pyridine rings is 1. The second-order valence-corrected chi connectivity index (χ2v) is 10.8. The van der Waals surface area contributed by atoms with Crippen LogP contribution in [-0.4, -0.2) is 60.7 Å². The van der Waals surface area contributed by atoms with Gasteiger partial charge in [0.05, 0.1) is 34.8 Å². The number of hydrogen-bond donors (Lipinski definition) is 1. The number of aromatic nitrogens is 3. The molecule has 3 aromatic rings. The molecule has 9 nitrogen and oxygen atoms in total. The molecule has 0 aliphatic carbocycles. The van der Waals surface area contributed by atoms with Crippen LogP contribution < -0.4 is 10.1 Å². The molecule has 2 aromatic heterocycles. The van der Waals surface area contributed by atoms with Crippen molar-refractivity contribution in [3.8, 4) is 5.75 Å². The number of hydrogen-bond acceptors (Lipinski definition) is 7. The molecule has 0 unspecified atom stereocenters. The van der Waals surface area contributed by atoms with Gasteiger partial charge in [0.25, 0.3) is 5.91 Å². The predicted molar refractivity (Wildman–Crippen MR) is 126 cm³/mol. The van der Waals surface area contributed by atoms with Crippen LogP contribution in [0.2, 0.25) is 0 Å². The summed E-state index contributed by atoms with van der Waals surface area (Å²) in [4.78, 5) is 20.9.